The van der Waals surface area contributed by atoms with Gasteiger partial charge in [-0.1, -0.05) is 42.5 Å². The summed E-state index contributed by atoms with van der Waals surface area (Å²) in [5.41, 5.74) is 7.78. The number of benzene rings is 2. The minimum absolute atomic E-state index is 0.528. The average Bonchev–Trinajstić information content (AvgIpc) is 3.29. The number of amides is 1. The molecule has 0 bridgehead atoms. The van der Waals surface area contributed by atoms with Crippen LogP contribution in [0.4, 0.5) is 0 Å². The molecule has 1 aliphatic rings. The highest BCUT2D eigenvalue weighted by Gasteiger charge is 2.27. The highest BCUT2D eigenvalue weighted by atomic mass is 16.5. The largest absolute Gasteiger partial charge is 0.358 e. The van der Waals surface area contributed by atoms with E-state index in [4.69, 9.17) is 5.21 Å². The Bertz CT molecular complexity index is 1000. The minimum atomic E-state index is -0.528. The maximum Gasteiger partial charge on any atom is 0.267 e. The molecule has 0 radical (unpaired) electrons. The molecule has 1 atom stereocenters. The first-order valence-electron chi connectivity index (χ1n) is 9.64. The molecule has 5 heteroatoms. The molecule has 144 valence electrons. The monoisotopic (exact) mass is 375 g/mol. The molecule has 1 aromatic heterocycles. The van der Waals surface area contributed by atoms with Gasteiger partial charge in [0.1, 0.15) is 0 Å². The SMILES string of the molecule is Cc1[nH]c2ccccc2c1C1CCN(Cc2ccc(/C=C/C(=O)NO)cc2)C1. The third-order valence-electron chi connectivity index (χ3n) is 5.55. The van der Waals surface area contributed by atoms with Gasteiger partial charge >= 0.3 is 0 Å². The molecule has 1 saturated heterocycles. The van der Waals surface area contributed by atoms with Crippen molar-refractivity contribution < 1.29 is 10.0 Å². The van der Waals surface area contributed by atoms with Crippen molar-refractivity contribution in [3.63, 3.8) is 0 Å². The number of H-pyrrole nitrogens is 1. The van der Waals surface area contributed by atoms with Gasteiger partial charge in [-0.25, -0.2) is 5.48 Å². The number of rotatable bonds is 5. The smallest absolute Gasteiger partial charge is 0.267 e. The number of carbonyl (C=O) groups is 1. The first-order chi connectivity index (χ1) is 13.6. The van der Waals surface area contributed by atoms with E-state index in [0.717, 1.165) is 25.2 Å². The summed E-state index contributed by atoms with van der Waals surface area (Å²) in [5, 5.41) is 9.88. The molecule has 28 heavy (non-hydrogen) atoms. The molecule has 1 aliphatic heterocycles. The van der Waals surface area contributed by atoms with Crippen LogP contribution >= 0.6 is 0 Å². The number of aryl methyl sites for hydroxylation is 1. The van der Waals surface area contributed by atoms with Gasteiger partial charge in [0.15, 0.2) is 0 Å². The van der Waals surface area contributed by atoms with Gasteiger partial charge in [-0.3, -0.25) is 14.9 Å². The van der Waals surface area contributed by atoms with Crippen molar-refractivity contribution >= 4 is 22.9 Å². The van der Waals surface area contributed by atoms with Crippen LogP contribution in [0.5, 0.6) is 0 Å². The summed E-state index contributed by atoms with van der Waals surface area (Å²) in [5.74, 6) is 0.0371. The molecular formula is C23H25N3O2. The Morgan fingerprint density at radius 3 is 2.82 bits per heavy atom. The lowest BCUT2D eigenvalue weighted by Gasteiger charge is -2.16. The lowest BCUT2D eigenvalue weighted by Crippen LogP contribution is -2.19. The van der Waals surface area contributed by atoms with Crippen molar-refractivity contribution in [3.05, 3.63) is 77.0 Å². The zero-order chi connectivity index (χ0) is 19.5. The fourth-order valence-electron chi connectivity index (χ4n) is 4.24. The van der Waals surface area contributed by atoms with Crippen LogP contribution in [0.3, 0.4) is 0 Å². The molecular weight excluding hydrogens is 350 g/mol. The van der Waals surface area contributed by atoms with Crippen molar-refractivity contribution in [2.45, 2.75) is 25.8 Å². The number of fused-ring (bicyclic) bond motifs is 1. The van der Waals surface area contributed by atoms with E-state index in [1.807, 2.05) is 12.1 Å². The van der Waals surface area contributed by atoms with E-state index in [1.165, 1.54) is 40.2 Å². The van der Waals surface area contributed by atoms with Crippen LogP contribution in [-0.2, 0) is 11.3 Å². The number of carbonyl (C=O) groups excluding carboxylic acids is 1. The zero-order valence-electron chi connectivity index (χ0n) is 16.0. The van der Waals surface area contributed by atoms with Gasteiger partial charge in [-0.05, 0) is 48.7 Å². The fraction of sp³-hybridized carbons (Fsp3) is 0.261. The summed E-state index contributed by atoms with van der Waals surface area (Å²) in [6.07, 6.45) is 4.17. The van der Waals surface area contributed by atoms with Crippen molar-refractivity contribution in [2.24, 2.45) is 0 Å². The number of hydroxylamine groups is 1. The van der Waals surface area contributed by atoms with Gasteiger partial charge in [0.05, 0.1) is 0 Å². The van der Waals surface area contributed by atoms with Gasteiger partial charge in [0, 0.05) is 41.7 Å². The van der Waals surface area contributed by atoms with E-state index in [-0.39, 0.29) is 0 Å². The molecule has 2 heterocycles. The van der Waals surface area contributed by atoms with E-state index < -0.39 is 5.91 Å². The summed E-state index contributed by atoms with van der Waals surface area (Å²) in [7, 11) is 0. The third kappa shape index (κ3) is 3.86. The number of likely N-dealkylation sites (tertiary alicyclic amines) is 1. The standard InChI is InChI=1S/C23H25N3O2/c1-16-23(20-4-2-3-5-21(20)24-16)19-12-13-26(15-19)14-18-8-6-17(7-9-18)10-11-22(27)25-28/h2-11,19,24,28H,12-15H2,1H3,(H,25,27)/b11-10+. The van der Waals surface area contributed by atoms with Gasteiger partial charge < -0.3 is 4.98 Å². The third-order valence-corrected chi connectivity index (χ3v) is 5.55. The van der Waals surface area contributed by atoms with E-state index in [1.54, 1.807) is 11.6 Å². The van der Waals surface area contributed by atoms with Crippen LogP contribution in [0.25, 0.3) is 17.0 Å². The fourth-order valence-corrected chi connectivity index (χ4v) is 4.24. The number of para-hydroxylation sites is 1. The summed E-state index contributed by atoms with van der Waals surface area (Å²) in [6, 6.07) is 16.8. The first-order valence-corrected chi connectivity index (χ1v) is 9.64. The predicted octanol–water partition coefficient (Wildman–Crippen LogP) is 3.98. The summed E-state index contributed by atoms with van der Waals surface area (Å²) in [4.78, 5) is 17.1. The van der Waals surface area contributed by atoms with Gasteiger partial charge in [-0.2, -0.15) is 0 Å². The molecule has 4 rings (SSSR count). The Hall–Kier alpha value is -2.89. The number of hydrogen-bond donors (Lipinski definition) is 3. The van der Waals surface area contributed by atoms with Crippen molar-refractivity contribution in [1.82, 2.24) is 15.4 Å². The average molecular weight is 375 g/mol. The number of aromatic amines is 1. The van der Waals surface area contributed by atoms with E-state index >= 15 is 0 Å². The lowest BCUT2D eigenvalue weighted by atomic mass is 9.95. The van der Waals surface area contributed by atoms with Crippen molar-refractivity contribution in [1.29, 1.82) is 0 Å². The van der Waals surface area contributed by atoms with E-state index in [0.29, 0.717) is 5.92 Å². The number of aromatic nitrogens is 1. The molecule has 3 aromatic rings. The molecule has 2 aromatic carbocycles. The lowest BCUT2D eigenvalue weighted by molar-refractivity contribution is -0.124. The Morgan fingerprint density at radius 1 is 1.25 bits per heavy atom. The number of nitrogens with zero attached hydrogens (tertiary/aromatic N) is 1. The molecule has 5 nitrogen and oxygen atoms in total. The minimum Gasteiger partial charge on any atom is -0.358 e. The molecule has 1 amide bonds. The number of nitrogens with one attached hydrogen (secondary N) is 2. The molecule has 1 fully saturated rings. The van der Waals surface area contributed by atoms with Crippen LogP contribution < -0.4 is 5.48 Å². The summed E-state index contributed by atoms with van der Waals surface area (Å²) in [6.45, 7) is 5.28. The quantitative estimate of drug-likeness (QED) is 0.359. The maximum atomic E-state index is 11.1. The topological polar surface area (TPSA) is 68.4 Å². The molecule has 1 unspecified atom stereocenters. The van der Waals surface area contributed by atoms with E-state index in [9.17, 15) is 4.79 Å². The molecule has 0 saturated carbocycles. The number of hydrogen-bond acceptors (Lipinski definition) is 3. The van der Waals surface area contributed by atoms with Gasteiger partial charge in [0.25, 0.3) is 5.91 Å². The van der Waals surface area contributed by atoms with Crippen molar-refractivity contribution in [3.8, 4) is 0 Å². The van der Waals surface area contributed by atoms with Crippen LogP contribution in [-0.4, -0.2) is 34.1 Å². The highest BCUT2D eigenvalue weighted by Crippen LogP contribution is 2.35. The Labute approximate surface area is 164 Å². The Kier molecular flexibility index (Phi) is 5.28. The normalized spacial score (nSPS) is 17.6. The van der Waals surface area contributed by atoms with Crippen LogP contribution in [0, 0.1) is 6.92 Å². The second kappa shape index (κ2) is 8.00. The van der Waals surface area contributed by atoms with Crippen LogP contribution in [0.2, 0.25) is 0 Å². The predicted molar refractivity (Wildman–Crippen MR) is 111 cm³/mol. The summed E-state index contributed by atoms with van der Waals surface area (Å²) < 4.78 is 0. The second-order valence-corrected chi connectivity index (χ2v) is 7.48. The van der Waals surface area contributed by atoms with Crippen LogP contribution in [0.15, 0.2) is 54.6 Å². The van der Waals surface area contributed by atoms with E-state index in [2.05, 4.69) is 53.2 Å². The maximum absolute atomic E-state index is 11.1. The molecule has 0 spiro atoms. The highest BCUT2D eigenvalue weighted by molar-refractivity contribution is 5.90. The summed E-state index contributed by atoms with van der Waals surface area (Å²) >= 11 is 0. The zero-order valence-corrected chi connectivity index (χ0v) is 16.0. The van der Waals surface area contributed by atoms with Gasteiger partial charge in [-0.15, -0.1) is 0 Å². The molecule has 3 N–H and O–H groups in total. The first kappa shape index (κ1) is 18.5. The van der Waals surface area contributed by atoms with Crippen molar-refractivity contribution in [2.75, 3.05) is 13.1 Å². The second-order valence-electron chi connectivity index (χ2n) is 7.48. The van der Waals surface area contributed by atoms with Gasteiger partial charge in [0.2, 0.25) is 0 Å². The Morgan fingerprint density at radius 2 is 2.04 bits per heavy atom. The molecule has 0 aliphatic carbocycles. The Balaban J connectivity index is 1.41. The van der Waals surface area contributed by atoms with Crippen LogP contribution in [0.1, 0.15) is 34.7 Å².